The van der Waals surface area contributed by atoms with Crippen molar-refractivity contribution in [2.75, 3.05) is 6.54 Å². The molecule has 178 valence electrons. The zero-order chi connectivity index (χ0) is 24.1. The fraction of sp³-hybridized carbons (Fsp3) is 0.722. The van der Waals surface area contributed by atoms with E-state index in [1.165, 1.54) is 13.8 Å². The van der Waals surface area contributed by atoms with Gasteiger partial charge in [-0.25, -0.2) is 4.79 Å². The van der Waals surface area contributed by atoms with Crippen molar-refractivity contribution in [3.8, 4) is 0 Å². The first-order valence-electron chi connectivity index (χ1n) is 9.90. The highest BCUT2D eigenvalue weighted by molar-refractivity contribution is 5.94. The van der Waals surface area contributed by atoms with Gasteiger partial charge < -0.3 is 42.7 Å². The molecule has 5 atom stereocenters. The van der Waals surface area contributed by atoms with Gasteiger partial charge in [0.15, 0.2) is 6.04 Å². The Morgan fingerprint density at radius 2 is 1.48 bits per heavy atom. The Morgan fingerprint density at radius 3 is 1.97 bits per heavy atom. The van der Waals surface area contributed by atoms with E-state index >= 15 is 0 Å². The van der Waals surface area contributed by atoms with Crippen LogP contribution in [0.15, 0.2) is 0 Å². The number of aliphatic carboxylic acids is 2. The number of nitrogens with one attached hydrogen (secondary N) is 3. The molecule has 0 radical (unpaired) electrons. The summed E-state index contributed by atoms with van der Waals surface area (Å²) in [7, 11) is 0. The molecule has 0 aliphatic rings. The van der Waals surface area contributed by atoms with Crippen LogP contribution in [0, 0.1) is 0 Å². The summed E-state index contributed by atoms with van der Waals surface area (Å²) in [6, 6.07) is -4.91. The Balaban J connectivity index is 5.06. The molecule has 0 saturated carbocycles. The minimum Gasteiger partial charge on any atom is -0.481 e. The van der Waals surface area contributed by atoms with E-state index in [0.717, 1.165) is 0 Å². The van der Waals surface area contributed by atoms with Crippen LogP contribution in [-0.2, 0) is 24.0 Å². The second-order valence-electron chi connectivity index (χ2n) is 7.18. The summed E-state index contributed by atoms with van der Waals surface area (Å²) in [5, 5.41) is 34.1. The largest absolute Gasteiger partial charge is 0.481 e. The minimum atomic E-state index is -1.56. The lowest BCUT2D eigenvalue weighted by atomic mass is 10.1. The standard InChI is InChI=1S/C18H33N5O8/c1-9(15(27)23-14(10(2)24)18(30)31)21-17(29)12(5-3-4-8-19)22-16(28)11(20)6-7-13(25)26/h9-12,14,24H,3-8,19-20H2,1-2H3,(H,21,29)(H,22,28)(H,23,27)(H,25,26)(H,30,31). The lowest BCUT2D eigenvalue weighted by Crippen LogP contribution is -2.57. The van der Waals surface area contributed by atoms with Gasteiger partial charge in [-0.05, 0) is 46.1 Å². The Hall–Kier alpha value is -2.77. The fourth-order valence-corrected chi connectivity index (χ4v) is 2.50. The van der Waals surface area contributed by atoms with Gasteiger partial charge in [0.1, 0.15) is 12.1 Å². The number of aliphatic hydroxyl groups excluding tert-OH is 1. The number of carbonyl (C=O) groups is 5. The van der Waals surface area contributed by atoms with Gasteiger partial charge in [-0.1, -0.05) is 0 Å². The molecule has 0 bridgehead atoms. The molecule has 0 spiro atoms. The van der Waals surface area contributed by atoms with Gasteiger partial charge >= 0.3 is 11.9 Å². The number of hydrogen-bond donors (Lipinski definition) is 8. The van der Waals surface area contributed by atoms with E-state index in [0.29, 0.717) is 19.4 Å². The molecule has 3 amide bonds. The monoisotopic (exact) mass is 447 g/mol. The Labute approximate surface area is 179 Å². The van der Waals surface area contributed by atoms with Crippen molar-refractivity contribution >= 4 is 29.7 Å². The van der Waals surface area contributed by atoms with Crippen molar-refractivity contribution in [2.24, 2.45) is 11.5 Å². The van der Waals surface area contributed by atoms with Crippen molar-refractivity contribution in [1.82, 2.24) is 16.0 Å². The zero-order valence-electron chi connectivity index (χ0n) is 17.7. The predicted octanol–water partition coefficient (Wildman–Crippen LogP) is -2.75. The molecule has 31 heavy (non-hydrogen) atoms. The second-order valence-corrected chi connectivity index (χ2v) is 7.18. The molecule has 0 aromatic rings. The van der Waals surface area contributed by atoms with Crippen LogP contribution in [0.1, 0.15) is 46.0 Å². The van der Waals surface area contributed by atoms with Crippen molar-refractivity contribution in [1.29, 1.82) is 0 Å². The number of hydrogen-bond acceptors (Lipinski definition) is 8. The summed E-state index contributed by atoms with van der Waals surface area (Å²) in [5.41, 5.74) is 11.1. The highest BCUT2D eigenvalue weighted by Crippen LogP contribution is 2.04. The lowest BCUT2D eigenvalue weighted by Gasteiger charge is -2.24. The molecule has 13 heteroatoms. The molecule has 0 aromatic heterocycles. The number of carboxylic acid groups (broad SMARTS) is 2. The molecule has 0 heterocycles. The summed E-state index contributed by atoms with van der Waals surface area (Å²) in [6.07, 6.45) is -0.532. The van der Waals surface area contributed by atoms with E-state index in [4.69, 9.17) is 21.7 Å². The van der Waals surface area contributed by atoms with E-state index in [9.17, 15) is 29.1 Å². The first-order chi connectivity index (χ1) is 14.4. The number of carbonyl (C=O) groups excluding carboxylic acids is 3. The quantitative estimate of drug-likeness (QED) is 0.120. The van der Waals surface area contributed by atoms with Crippen LogP contribution in [0.2, 0.25) is 0 Å². The van der Waals surface area contributed by atoms with E-state index in [2.05, 4.69) is 16.0 Å². The molecule has 0 aliphatic heterocycles. The van der Waals surface area contributed by atoms with Gasteiger partial charge in [0.25, 0.3) is 0 Å². The summed E-state index contributed by atoms with van der Waals surface area (Å²) in [4.78, 5) is 58.7. The van der Waals surface area contributed by atoms with Gasteiger partial charge in [0.05, 0.1) is 12.1 Å². The Morgan fingerprint density at radius 1 is 0.871 bits per heavy atom. The smallest absolute Gasteiger partial charge is 0.328 e. The van der Waals surface area contributed by atoms with Crippen molar-refractivity contribution in [3.63, 3.8) is 0 Å². The second kappa shape index (κ2) is 14.3. The Bertz CT molecular complexity index is 642. The number of aliphatic hydroxyl groups is 1. The summed E-state index contributed by atoms with van der Waals surface area (Å²) >= 11 is 0. The van der Waals surface area contributed by atoms with Crippen LogP contribution in [-0.4, -0.2) is 81.8 Å². The molecular weight excluding hydrogens is 414 g/mol. The maximum absolute atomic E-state index is 12.6. The van der Waals surface area contributed by atoms with Gasteiger partial charge in [-0.2, -0.15) is 0 Å². The van der Waals surface area contributed by atoms with Crippen LogP contribution >= 0.6 is 0 Å². The van der Waals surface area contributed by atoms with Crippen LogP contribution in [0.25, 0.3) is 0 Å². The number of nitrogens with two attached hydrogens (primary N) is 2. The molecule has 5 unspecified atom stereocenters. The average molecular weight is 447 g/mol. The maximum atomic E-state index is 12.6. The van der Waals surface area contributed by atoms with Crippen LogP contribution < -0.4 is 27.4 Å². The highest BCUT2D eigenvalue weighted by atomic mass is 16.4. The summed E-state index contributed by atoms with van der Waals surface area (Å²) in [6.45, 7) is 2.87. The number of unbranched alkanes of at least 4 members (excludes halogenated alkanes) is 1. The molecule has 13 nitrogen and oxygen atoms in total. The van der Waals surface area contributed by atoms with E-state index in [-0.39, 0.29) is 19.3 Å². The Kier molecular flexibility index (Phi) is 13.0. The fourth-order valence-electron chi connectivity index (χ4n) is 2.50. The summed E-state index contributed by atoms with van der Waals surface area (Å²) < 4.78 is 0. The number of amides is 3. The third kappa shape index (κ3) is 11.3. The predicted molar refractivity (Wildman–Crippen MR) is 109 cm³/mol. The number of rotatable bonds is 15. The van der Waals surface area contributed by atoms with Gasteiger partial charge in [0.2, 0.25) is 17.7 Å². The van der Waals surface area contributed by atoms with Gasteiger partial charge in [-0.3, -0.25) is 19.2 Å². The molecule has 0 aromatic carbocycles. The zero-order valence-corrected chi connectivity index (χ0v) is 17.7. The van der Waals surface area contributed by atoms with Crippen LogP contribution in [0.3, 0.4) is 0 Å². The first-order valence-corrected chi connectivity index (χ1v) is 9.90. The van der Waals surface area contributed by atoms with Crippen molar-refractivity contribution in [2.45, 2.75) is 76.2 Å². The minimum absolute atomic E-state index is 0.118. The molecule has 0 rings (SSSR count). The normalized spacial score (nSPS) is 15.6. The maximum Gasteiger partial charge on any atom is 0.328 e. The molecule has 0 fully saturated rings. The van der Waals surface area contributed by atoms with Crippen molar-refractivity contribution < 1.29 is 39.3 Å². The van der Waals surface area contributed by atoms with Gasteiger partial charge in [-0.15, -0.1) is 0 Å². The van der Waals surface area contributed by atoms with Crippen LogP contribution in [0.5, 0.6) is 0 Å². The van der Waals surface area contributed by atoms with E-state index < -0.39 is 59.9 Å². The van der Waals surface area contributed by atoms with Crippen LogP contribution in [0.4, 0.5) is 0 Å². The third-order valence-electron chi connectivity index (χ3n) is 4.38. The third-order valence-corrected chi connectivity index (χ3v) is 4.38. The highest BCUT2D eigenvalue weighted by Gasteiger charge is 2.30. The lowest BCUT2D eigenvalue weighted by molar-refractivity contribution is -0.145. The molecule has 0 aliphatic carbocycles. The molecular formula is C18H33N5O8. The first kappa shape index (κ1) is 28.2. The van der Waals surface area contributed by atoms with E-state index in [1.54, 1.807) is 0 Å². The topological polar surface area (TPSA) is 234 Å². The number of carboxylic acids is 2. The summed E-state index contributed by atoms with van der Waals surface area (Å²) in [5.74, 6) is -4.82. The molecule has 10 N–H and O–H groups in total. The SMILES string of the molecule is CC(NC(=O)C(CCCCN)NC(=O)C(N)CCC(=O)O)C(=O)NC(C(=O)O)C(C)O. The van der Waals surface area contributed by atoms with Gasteiger partial charge in [0, 0.05) is 6.42 Å². The molecule has 0 saturated heterocycles. The van der Waals surface area contributed by atoms with E-state index in [1.807, 2.05) is 0 Å². The van der Waals surface area contributed by atoms with Crippen molar-refractivity contribution in [3.05, 3.63) is 0 Å². The average Bonchev–Trinajstić information content (AvgIpc) is 2.68.